The smallest absolute Gasteiger partial charge is 0.425 e. The lowest BCUT2D eigenvalue weighted by Crippen LogP contribution is -2.44. The molecule has 0 saturated carbocycles. The molecule has 0 aliphatic rings. The highest BCUT2D eigenvalue weighted by Gasteiger charge is 2.58. The van der Waals surface area contributed by atoms with Gasteiger partial charge in [0.2, 0.25) is 5.60 Å². The second-order valence-electron chi connectivity index (χ2n) is 6.28. The van der Waals surface area contributed by atoms with E-state index in [0.717, 1.165) is 6.07 Å². The number of aliphatic hydroxyl groups is 1. The highest BCUT2D eigenvalue weighted by Crippen LogP contribution is 2.42. The summed E-state index contributed by atoms with van der Waals surface area (Å²) in [4.78, 5) is 23.3. The van der Waals surface area contributed by atoms with Gasteiger partial charge in [0, 0.05) is 5.41 Å². The van der Waals surface area contributed by atoms with E-state index in [-0.39, 0.29) is 5.76 Å². The van der Waals surface area contributed by atoms with Gasteiger partial charge in [0.1, 0.15) is 11.5 Å². The Bertz CT molecular complexity index is 583. The highest BCUT2D eigenvalue weighted by molar-refractivity contribution is 5.86. The van der Waals surface area contributed by atoms with Crippen LogP contribution < -0.4 is 0 Å². The Morgan fingerprint density at radius 2 is 1.78 bits per heavy atom. The molecule has 1 aromatic heterocycles. The zero-order chi connectivity index (χ0) is 18.1. The van der Waals surface area contributed by atoms with E-state index < -0.39 is 47.7 Å². The maximum absolute atomic E-state index is 13.2. The van der Waals surface area contributed by atoms with Gasteiger partial charge in [0.15, 0.2) is 12.4 Å². The summed E-state index contributed by atoms with van der Waals surface area (Å²) in [7, 11) is 0. The molecular weight excluding hydrogens is 317 g/mol. The van der Waals surface area contributed by atoms with Crippen molar-refractivity contribution in [1.82, 2.24) is 0 Å². The summed E-state index contributed by atoms with van der Waals surface area (Å²) >= 11 is 0. The van der Waals surface area contributed by atoms with Crippen LogP contribution in [0.5, 0.6) is 0 Å². The lowest BCUT2D eigenvalue weighted by atomic mass is 9.91. The normalized spacial score (nSPS) is 15.1. The number of ether oxygens (including phenoxy) is 1. The van der Waals surface area contributed by atoms with E-state index in [0.29, 0.717) is 0 Å². The summed E-state index contributed by atoms with van der Waals surface area (Å²) in [5.41, 5.74) is -4.30. The molecule has 0 aromatic carbocycles. The third-order valence-corrected chi connectivity index (χ3v) is 3.22. The van der Waals surface area contributed by atoms with E-state index in [1.807, 2.05) is 0 Å². The largest absolute Gasteiger partial charge is 0.463 e. The van der Waals surface area contributed by atoms with E-state index in [1.165, 1.54) is 13.0 Å². The number of ketones is 1. The summed E-state index contributed by atoms with van der Waals surface area (Å²) in [6.45, 7) is 5.50. The molecule has 8 heteroatoms. The van der Waals surface area contributed by atoms with Gasteiger partial charge in [0.25, 0.3) is 0 Å². The van der Waals surface area contributed by atoms with Crippen LogP contribution in [0.1, 0.15) is 38.7 Å². The molecule has 0 aliphatic heterocycles. The fourth-order valence-corrected chi connectivity index (χ4v) is 1.61. The van der Waals surface area contributed by atoms with E-state index in [4.69, 9.17) is 4.42 Å². The van der Waals surface area contributed by atoms with Crippen LogP contribution in [0.15, 0.2) is 16.5 Å². The fraction of sp³-hybridized carbons (Fsp3) is 0.600. The second kappa shape index (κ2) is 6.35. The topological polar surface area (TPSA) is 76.7 Å². The first-order chi connectivity index (χ1) is 10.3. The Balaban J connectivity index is 2.88. The predicted molar refractivity (Wildman–Crippen MR) is 73.4 cm³/mol. The van der Waals surface area contributed by atoms with Crippen LogP contribution in [0.25, 0.3) is 0 Å². The monoisotopic (exact) mass is 336 g/mol. The predicted octanol–water partition coefficient (Wildman–Crippen LogP) is 2.89. The Hall–Kier alpha value is -1.83. The van der Waals surface area contributed by atoms with Crippen molar-refractivity contribution in [2.45, 2.75) is 45.9 Å². The van der Waals surface area contributed by atoms with Gasteiger partial charge in [-0.25, -0.2) is 0 Å². The molecule has 0 saturated heterocycles. The summed E-state index contributed by atoms with van der Waals surface area (Å²) in [5, 5.41) is 9.92. The maximum Gasteiger partial charge on any atom is 0.425 e. The number of halogens is 3. The first-order valence-corrected chi connectivity index (χ1v) is 6.82. The second-order valence-corrected chi connectivity index (χ2v) is 6.28. The zero-order valence-electron chi connectivity index (χ0n) is 13.3. The fourth-order valence-electron chi connectivity index (χ4n) is 1.61. The highest BCUT2D eigenvalue weighted by atomic mass is 19.4. The van der Waals surface area contributed by atoms with Crippen LogP contribution in [0, 0.1) is 12.3 Å². The minimum absolute atomic E-state index is 0.152. The average molecular weight is 336 g/mol. The van der Waals surface area contributed by atoms with Gasteiger partial charge >= 0.3 is 12.1 Å². The Labute approximate surface area is 131 Å². The molecule has 1 heterocycles. The molecule has 0 fully saturated rings. The molecule has 1 rings (SSSR count). The summed E-state index contributed by atoms with van der Waals surface area (Å²) < 4.78 is 48.9. The third kappa shape index (κ3) is 4.57. The Morgan fingerprint density at radius 3 is 2.17 bits per heavy atom. The van der Waals surface area contributed by atoms with E-state index >= 15 is 0 Å². The number of carbonyl (C=O) groups is 2. The molecule has 1 N–H and O–H groups in total. The van der Waals surface area contributed by atoms with E-state index in [2.05, 4.69) is 4.74 Å². The number of aryl methyl sites for hydroxylation is 1. The van der Waals surface area contributed by atoms with Gasteiger partial charge < -0.3 is 14.3 Å². The molecule has 0 amide bonds. The number of hydrogen-bond acceptors (Lipinski definition) is 5. The molecule has 1 aromatic rings. The SMILES string of the molecule is Cc1ccc([C@@](O)(CC(=O)OCC(=O)C(C)(C)C)C(F)(F)F)o1. The van der Waals surface area contributed by atoms with E-state index in [9.17, 15) is 27.9 Å². The maximum atomic E-state index is 13.2. The molecule has 0 radical (unpaired) electrons. The van der Waals surface area contributed by atoms with Gasteiger partial charge in [-0.15, -0.1) is 0 Å². The van der Waals surface area contributed by atoms with Gasteiger partial charge in [-0.3, -0.25) is 9.59 Å². The Morgan fingerprint density at radius 1 is 1.22 bits per heavy atom. The van der Waals surface area contributed by atoms with Gasteiger partial charge in [-0.1, -0.05) is 20.8 Å². The van der Waals surface area contributed by atoms with Crippen molar-refractivity contribution >= 4 is 11.8 Å². The van der Waals surface area contributed by atoms with Crippen molar-refractivity contribution in [1.29, 1.82) is 0 Å². The van der Waals surface area contributed by atoms with Crippen LogP contribution in [-0.2, 0) is 19.9 Å². The molecule has 5 nitrogen and oxygen atoms in total. The number of rotatable bonds is 5. The van der Waals surface area contributed by atoms with Gasteiger partial charge in [0.05, 0.1) is 6.42 Å². The van der Waals surface area contributed by atoms with Crippen LogP contribution in [0.4, 0.5) is 13.2 Å². The first kappa shape index (κ1) is 19.2. The molecule has 23 heavy (non-hydrogen) atoms. The number of alkyl halides is 3. The lowest BCUT2D eigenvalue weighted by Gasteiger charge is -2.27. The average Bonchev–Trinajstić information content (AvgIpc) is 2.80. The molecule has 1 atom stereocenters. The van der Waals surface area contributed by atoms with Crippen molar-refractivity contribution in [3.05, 3.63) is 23.7 Å². The van der Waals surface area contributed by atoms with Crippen molar-refractivity contribution in [2.75, 3.05) is 6.61 Å². The molecule has 0 bridgehead atoms. The quantitative estimate of drug-likeness (QED) is 0.837. The van der Waals surface area contributed by atoms with E-state index in [1.54, 1.807) is 20.8 Å². The third-order valence-electron chi connectivity index (χ3n) is 3.22. The summed E-state index contributed by atoms with van der Waals surface area (Å²) in [5.74, 6) is -2.45. The number of furan rings is 1. The van der Waals surface area contributed by atoms with Crippen LogP contribution in [-0.4, -0.2) is 29.6 Å². The standard InChI is InChI=1S/C15H19F3O5/c1-9-5-6-11(23-9)14(21,15(16,17)18)7-12(20)22-8-10(19)13(2,3)4/h5-6,21H,7-8H2,1-4H3/t14-/m0/s1. The molecule has 0 spiro atoms. The number of Topliss-reactive ketones (excluding diaryl/α,β-unsaturated/α-hetero) is 1. The molecule has 0 unspecified atom stereocenters. The minimum atomic E-state index is -5.15. The summed E-state index contributed by atoms with van der Waals surface area (Å²) in [6.07, 6.45) is -6.55. The van der Waals surface area contributed by atoms with Crippen LogP contribution in [0.2, 0.25) is 0 Å². The van der Waals surface area contributed by atoms with Crippen LogP contribution in [0.3, 0.4) is 0 Å². The number of esters is 1. The lowest BCUT2D eigenvalue weighted by molar-refractivity contribution is -0.275. The minimum Gasteiger partial charge on any atom is -0.463 e. The van der Waals surface area contributed by atoms with Gasteiger partial charge in [-0.05, 0) is 19.1 Å². The van der Waals surface area contributed by atoms with Crippen molar-refractivity contribution in [3.63, 3.8) is 0 Å². The molecular formula is C15H19F3O5. The zero-order valence-corrected chi connectivity index (χ0v) is 13.3. The number of carbonyl (C=O) groups excluding carboxylic acids is 2. The van der Waals surface area contributed by atoms with Crippen LogP contribution >= 0.6 is 0 Å². The van der Waals surface area contributed by atoms with Crippen molar-refractivity contribution in [2.24, 2.45) is 5.41 Å². The van der Waals surface area contributed by atoms with Gasteiger partial charge in [-0.2, -0.15) is 13.2 Å². The molecule has 0 aliphatic carbocycles. The summed E-state index contributed by atoms with van der Waals surface area (Å²) in [6, 6.07) is 2.18. The Kier molecular flexibility index (Phi) is 5.30. The molecule has 130 valence electrons. The first-order valence-electron chi connectivity index (χ1n) is 6.82. The van der Waals surface area contributed by atoms with Crippen molar-refractivity contribution < 1.29 is 37.0 Å². The van der Waals surface area contributed by atoms with Crippen molar-refractivity contribution in [3.8, 4) is 0 Å². The number of hydrogen-bond donors (Lipinski definition) is 1.